The summed E-state index contributed by atoms with van der Waals surface area (Å²) < 4.78 is 0. The lowest BCUT2D eigenvalue weighted by molar-refractivity contribution is 0.380. The van der Waals surface area contributed by atoms with Crippen LogP contribution in [0.4, 0.5) is 0 Å². The molecule has 1 heteroatoms. The van der Waals surface area contributed by atoms with Gasteiger partial charge in [0.25, 0.3) is 0 Å². The monoisotopic (exact) mass is 286 g/mol. The molecule has 0 unspecified atom stereocenters. The fraction of sp³-hybridized carbons (Fsp3) is 0.700. The van der Waals surface area contributed by atoms with Crippen molar-refractivity contribution in [3.05, 3.63) is 28.3 Å². The minimum absolute atomic E-state index is 0.0563. The summed E-state index contributed by atoms with van der Waals surface area (Å²) in [4.78, 5) is 0. The van der Waals surface area contributed by atoms with Crippen molar-refractivity contribution in [2.24, 2.45) is 0 Å². The van der Waals surface area contributed by atoms with Crippen molar-refractivity contribution in [3.8, 4) is 5.75 Å². The Morgan fingerprint density at radius 1 is 0.667 bits per heavy atom. The van der Waals surface area contributed by atoms with Crippen LogP contribution in [-0.2, 0) is 21.7 Å². The van der Waals surface area contributed by atoms with E-state index in [0.717, 1.165) is 12.8 Å². The van der Waals surface area contributed by atoms with Crippen molar-refractivity contribution < 1.29 is 5.11 Å². The van der Waals surface area contributed by atoms with Gasteiger partial charge < -0.3 is 5.11 Å². The summed E-state index contributed by atoms with van der Waals surface area (Å²) in [5, 5.41) is 10.8. The third-order valence-corrected chi connectivity index (χ3v) is 5.83. The molecule has 3 rings (SSSR count). The molecule has 2 aliphatic rings. The molecule has 116 valence electrons. The minimum Gasteiger partial charge on any atom is -0.508 e. The van der Waals surface area contributed by atoms with Gasteiger partial charge in [-0.3, -0.25) is 0 Å². The summed E-state index contributed by atoms with van der Waals surface area (Å²) in [5.74, 6) is 0.519. The molecule has 0 saturated heterocycles. The van der Waals surface area contributed by atoms with Crippen LogP contribution in [-0.4, -0.2) is 5.11 Å². The third-order valence-electron chi connectivity index (χ3n) is 5.83. The number of hydrogen-bond donors (Lipinski definition) is 1. The first-order valence-corrected chi connectivity index (χ1v) is 8.22. The van der Waals surface area contributed by atoms with Crippen LogP contribution in [0.25, 0.3) is 0 Å². The fourth-order valence-corrected chi connectivity index (χ4v) is 5.84. The molecule has 2 aliphatic carbocycles. The summed E-state index contributed by atoms with van der Waals surface area (Å²) in [6.45, 7) is 18.6. The Morgan fingerprint density at radius 2 is 1.10 bits per heavy atom. The van der Waals surface area contributed by atoms with Crippen LogP contribution >= 0.6 is 0 Å². The summed E-state index contributed by atoms with van der Waals surface area (Å²) in [6.07, 6.45) is 2.26. The standard InChI is InChI=1S/C20H30O/c1-17(2)10-18(3,4)14-12(17)9-13(21)15-16(14)20(7,8)11-19(15,5)6/h9,21H,10-11H2,1-8H3. The minimum atomic E-state index is 0.0563. The largest absolute Gasteiger partial charge is 0.508 e. The molecule has 0 aromatic heterocycles. The van der Waals surface area contributed by atoms with E-state index >= 15 is 0 Å². The number of benzene rings is 1. The molecule has 0 radical (unpaired) electrons. The van der Waals surface area contributed by atoms with Crippen molar-refractivity contribution in [3.63, 3.8) is 0 Å². The zero-order chi connectivity index (χ0) is 16.0. The normalized spacial score (nSPS) is 26.5. The van der Waals surface area contributed by atoms with Crippen molar-refractivity contribution in [1.82, 2.24) is 0 Å². The van der Waals surface area contributed by atoms with Gasteiger partial charge in [0, 0.05) is 5.56 Å². The number of fused-ring (bicyclic) bond motifs is 3. The van der Waals surface area contributed by atoms with Gasteiger partial charge in [-0.1, -0.05) is 55.4 Å². The maximum Gasteiger partial charge on any atom is 0.119 e. The van der Waals surface area contributed by atoms with Crippen LogP contribution < -0.4 is 0 Å². The van der Waals surface area contributed by atoms with Gasteiger partial charge in [-0.2, -0.15) is 0 Å². The predicted molar refractivity (Wildman–Crippen MR) is 89.4 cm³/mol. The van der Waals surface area contributed by atoms with Crippen molar-refractivity contribution in [1.29, 1.82) is 0 Å². The SMILES string of the molecule is CC1(C)CC(C)(C)c2c1cc(O)c1c2C(C)(C)CC1(C)C. The Labute approximate surface area is 129 Å². The first kappa shape index (κ1) is 14.9. The number of hydrogen-bond acceptors (Lipinski definition) is 1. The Morgan fingerprint density at radius 3 is 1.67 bits per heavy atom. The second-order valence-corrected chi connectivity index (χ2v) is 9.96. The highest BCUT2D eigenvalue weighted by molar-refractivity contribution is 5.63. The highest BCUT2D eigenvalue weighted by Crippen LogP contribution is 2.61. The van der Waals surface area contributed by atoms with Crippen molar-refractivity contribution >= 4 is 0 Å². The summed E-state index contributed by atoms with van der Waals surface area (Å²) in [5.41, 5.74) is 6.07. The second kappa shape index (κ2) is 3.67. The molecular weight excluding hydrogens is 256 g/mol. The molecule has 1 N–H and O–H groups in total. The van der Waals surface area contributed by atoms with Crippen LogP contribution in [0, 0.1) is 0 Å². The summed E-state index contributed by atoms with van der Waals surface area (Å²) in [6, 6.07) is 2.08. The quantitative estimate of drug-likeness (QED) is 0.685. The van der Waals surface area contributed by atoms with Gasteiger partial charge >= 0.3 is 0 Å². The molecule has 0 amide bonds. The fourth-order valence-electron chi connectivity index (χ4n) is 5.84. The zero-order valence-corrected chi connectivity index (χ0v) is 14.9. The maximum absolute atomic E-state index is 10.8. The van der Waals surface area contributed by atoms with E-state index < -0.39 is 0 Å². The van der Waals surface area contributed by atoms with Gasteiger partial charge in [0.05, 0.1) is 0 Å². The predicted octanol–water partition coefficient (Wildman–Crippen LogP) is 5.31. The first-order valence-electron chi connectivity index (χ1n) is 8.22. The van der Waals surface area contributed by atoms with Gasteiger partial charge in [0.15, 0.2) is 0 Å². The topological polar surface area (TPSA) is 20.2 Å². The van der Waals surface area contributed by atoms with E-state index in [1.807, 2.05) is 0 Å². The average Bonchev–Trinajstić information content (AvgIpc) is 2.52. The molecule has 0 spiro atoms. The van der Waals surface area contributed by atoms with E-state index in [1.165, 1.54) is 22.3 Å². The van der Waals surface area contributed by atoms with Crippen LogP contribution in [0.15, 0.2) is 6.07 Å². The highest BCUT2D eigenvalue weighted by atomic mass is 16.3. The van der Waals surface area contributed by atoms with E-state index in [-0.39, 0.29) is 21.7 Å². The summed E-state index contributed by atoms with van der Waals surface area (Å²) in [7, 11) is 0. The average molecular weight is 286 g/mol. The van der Waals surface area contributed by atoms with Crippen LogP contribution in [0.3, 0.4) is 0 Å². The summed E-state index contributed by atoms with van der Waals surface area (Å²) >= 11 is 0. The smallest absolute Gasteiger partial charge is 0.119 e. The van der Waals surface area contributed by atoms with Crippen LogP contribution in [0.5, 0.6) is 5.75 Å². The Hall–Kier alpha value is -0.980. The lowest BCUT2D eigenvalue weighted by Crippen LogP contribution is -2.22. The Kier molecular flexibility index (Phi) is 2.61. The molecule has 0 atom stereocenters. The molecule has 0 fully saturated rings. The molecule has 0 aliphatic heterocycles. The van der Waals surface area contributed by atoms with E-state index in [4.69, 9.17) is 0 Å². The van der Waals surface area contributed by atoms with Crippen LogP contribution in [0.2, 0.25) is 0 Å². The molecule has 1 aromatic rings. The first-order chi connectivity index (χ1) is 9.30. The molecule has 1 nitrogen and oxygen atoms in total. The molecule has 0 heterocycles. The Bertz CT molecular complexity index is 630. The zero-order valence-electron chi connectivity index (χ0n) is 14.9. The van der Waals surface area contributed by atoms with Gasteiger partial charge in [0.1, 0.15) is 5.75 Å². The Balaban J connectivity index is 2.46. The van der Waals surface area contributed by atoms with Crippen molar-refractivity contribution in [2.45, 2.75) is 89.9 Å². The van der Waals surface area contributed by atoms with E-state index in [0.29, 0.717) is 5.75 Å². The molecule has 1 aromatic carbocycles. The van der Waals surface area contributed by atoms with E-state index in [2.05, 4.69) is 61.5 Å². The lowest BCUT2D eigenvalue weighted by Gasteiger charge is -2.29. The molecule has 0 saturated carbocycles. The number of aromatic hydroxyl groups is 1. The van der Waals surface area contributed by atoms with E-state index in [1.54, 1.807) is 0 Å². The molecule has 21 heavy (non-hydrogen) atoms. The van der Waals surface area contributed by atoms with Gasteiger partial charge in [-0.25, -0.2) is 0 Å². The molecule has 0 bridgehead atoms. The lowest BCUT2D eigenvalue weighted by atomic mass is 9.75. The van der Waals surface area contributed by atoms with E-state index in [9.17, 15) is 5.11 Å². The molecular formula is C20H30O. The number of rotatable bonds is 0. The highest BCUT2D eigenvalue weighted by Gasteiger charge is 2.52. The maximum atomic E-state index is 10.8. The van der Waals surface area contributed by atoms with Crippen LogP contribution in [0.1, 0.15) is 90.5 Å². The van der Waals surface area contributed by atoms with Gasteiger partial charge in [0.2, 0.25) is 0 Å². The number of phenolic OH excluding ortho intramolecular Hbond substituents is 1. The van der Waals surface area contributed by atoms with Crippen molar-refractivity contribution in [2.75, 3.05) is 0 Å². The number of phenols is 1. The third kappa shape index (κ3) is 1.82. The van der Waals surface area contributed by atoms with Gasteiger partial charge in [-0.05, 0) is 57.3 Å². The second-order valence-electron chi connectivity index (χ2n) is 9.96. The van der Waals surface area contributed by atoms with Gasteiger partial charge in [-0.15, -0.1) is 0 Å².